The Balaban J connectivity index is 1.75. The summed E-state index contributed by atoms with van der Waals surface area (Å²) >= 11 is 0. The molecule has 0 saturated carbocycles. The van der Waals surface area contributed by atoms with Crippen molar-refractivity contribution in [3.8, 4) is 11.4 Å². The predicted octanol–water partition coefficient (Wildman–Crippen LogP) is 2.50. The van der Waals surface area contributed by atoms with Gasteiger partial charge in [0.1, 0.15) is 11.6 Å². The van der Waals surface area contributed by atoms with Gasteiger partial charge in [-0.15, -0.1) is 0 Å². The van der Waals surface area contributed by atoms with Crippen LogP contribution in [0.15, 0.2) is 30.3 Å². The fourth-order valence-corrected chi connectivity index (χ4v) is 3.71. The van der Waals surface area contributed by atoms with Crippen molar-refractivity contribution in [2.24, 2.45) is 0 Å². The van der Waals surface area contributed by atoms with Crippen LogP contribution in [0.1, 0.15) is 13.8 Å². The van der Waals surface area contributed by atoms with Crippen LogP contribution in [0.3, 0.4) is 0 Å². The molecular weight excluding hydrogens is 374 g/mol. The van der Waals surface area contributed by atoms with Crippen LogP contribution in [0.2, 0.25) is 0 Å². The number of benzene rings is 1. The summed E-state index contributed by atoms with van der Waals surface area (Å²) in [6.07, 6.45) is 0. The first-order valence-electron chi connectivity index (χ1n) is 9.85. The maximum absolute atomic E-state index is 11.0. The average Bonchev–Trinajstić information content (AvgIpc) is 2.74. The van der Waals surface area contributed by atoms with E-state index in [0.29, 0.717) is 32.3 Å². The molecule has 9 heteroatoms. The minimum Gasteiger partial charge on any atom is -0.377 e. The molecule has 154 valence electrons. The Kier molecular flexibility index (Phi) is 5.59. The van der Waals surface area contributed by atoms with Crippen molar-refractivity contribution in [3.63, 3.8) is 0 Å². The van der Waals surface area contributed by atoms with Crippen LogP contribution >= 0.6 is 0 Å². The molecule has 2 aromatic rings. The summed E-state index contributed by atoms with van der Waals surface area (Å²) in [4.78, 5) is 24.6. The van der Waals surface area contributed by atoms with Crippen molar-refractivity contribution in [2.45, 2.75) is 25.9 Å². The van der Waals surface area contributed by atoms with Gasteiger partial charge in [-0.05, 0) is 26.0 Å². The molecule has 2 unspecified atom stereocenters. The van der Waals surface area contributed by atoms with Gasteiger partial charge in [0.05, 0.1) is 43.4 Å². The number of morpholine rings is 2. The normalized spacial score (nSPS) is 22.6. The fraction of sp³-hybridized carbons (Fsp3) is 0.500. The third-order valence-electron chi connectivity index (χ3n) is 5.36. The van der Waals surface area contributed by atoms with Gasteiger partial charge in [0.15, 0.2) is 5.82 Å². The Morgan fingerprint density at radius 3 is 1.93 bits per heavy atom. The second-order valence-electron chi connectivity index (χ2n) is 7.45. The molecule has 2 aliphatic heterocycles. The number of aromatic nitrogens is 2. The number of hydrogen-bond acceptors (Lipinski definition) is 8. The number of rotatable bonds is 4. The molecule has 0 amide bonds. The smallest absolute Gasteiger partial charge is 0.269 e. The molecule has 2 aliphatic rings. The summed E-state index contributed by atoms with van der Waals surface area (Å²) in [5, 5.41) is 11.0. The van der Waals surface area contributed by atoms with Crippen molar-refractivity contribution in [2.75, 3.05) is 49.3 Å². The molecule has 0 bridgehead atoms. The van der Waals surface area contributed by atoms with Crippen molar-refractivity contribution in [1.29, 1.82) is 0 Å². The van der Waals surface area contributed by atoms with Gasteiger partial charge in [-0.2, -0.15) is 0 Å². The van der Waals surface area contributed by atoms with E-state index < -0.39 is 4.92 Å². The lowest BCUT2D eigenvalue weighted by Crippen LogP contribution is -2.45. The lowest BCUT2D eigenvalue weighted by Gasteiger charge is -2.37. The first kappa shape index (κ1) is 19.5. The molecule has 9 nitrogen and oxygen atoms in total. The lowest BCUT2D eigenvalue weighted by atomic mass is 10.2. The summed E-state index contributed by atoms with van der Waals surface area (Å²) < 4.78 is 11.1. The van der Waals surface area contributed by atoms with E-state index in [1.807, 2.05) is 6.07 Å². The monoisotopic (exact) mass is 399 g/mol. The van der Waals surface area contributed by atoms with Crippen molar-refractivity contribution < 1.29 is 14.4 Å². The van der Waals surface area contributed by atoms with Gasteiger partial charge in [0, 0.05) is 36.9 Å². The van der Waals surface area contributed by atoms with Crippen LogP contribution < -0.4 is 9.80 Å². The molecule has 0 aliphatic carbocycles. The number of nitro groups is 1. The van der Waals surface area contributed by atoms with E-state index in [-0.39, 0.29) is 17.8 Å². The van der Waals surface area contributed by atoms with Crippen LogP contribution in [0, 0.1) is 10.1 Å². The Labute approximate surface area is 169 Å². The highest BCUT2D eigenvalue weighted by molar-refractivity contribution is 5.64. The van der Waals surface area contributed by atoms with E-state index in [1.54, 1.807) is 12.1 Å². The molecule has 0 spiro atoms. The molecular formula is C20H25N5O4. The number of nitro benzene ring substituents is 1. The molecule has 1 aromatic carbocycles. The van der Waals surface area contributed by atoms with E-state index in [9.17, 15) is 10.1 Å². The van der Waals surface area contributed by atoms with Crippen LogP contribution in [-0.2, 0) is 9.47 Å². The molecule has 4 rings (SSSR count). The molecule has 2 atom stereocenters. The zero-order valence-electron chi connectivity index (χ0n) is 16.7. The van der Waals surface area contributed by atoms with Crippen molar-refractivity contribution in [1.82, 2.24) is 9.97 Å². The second kappa shape index (κ2) is 8.30. The highest BCUT2D eigenvalue weighted by Crippen LogP contribution is 2.29. The number of hydrogen-bond donors (Lipinski definition) is 0. The summed E-state index contributed by atoms with van der Waals surface area (Å²) in [6, 6.07) is 8.81. The van der Waals surface area contributed by atoms with Gasteiger partial charge in [0.25, 0.3) is 5.69 Å². The minimum absolute atomic E-state index is 0.0498. The molecule has 0 radical (unpaired) electrons. The predicted molar refractivity (Wildman–Crippen MR) is 109 cm³/mol. The van der Waals surface area contributed by atoms with E-state index in [2.05, 4.69) is 23.6 Å². The standard InChI is InChI=1S/C20H25N5O4/c1-14-12-28-9-7-23(14)18-11-19(24-8-10-29-13-15(24)2)22-20(21-18)16-3-5-17(6-4-16)25(26)27/h3-6,11,14-15H,7-10,12-13H2,1-2H3. The Bertz CT molecular complexity index is 835. The van der Waals surface area contributed by atoms with Gasteiger partial charge >= 0.3 is 0 Å². The van der Waals surface area contributed by atoms with Crippen LogP contribution in [0.25, 0.3) is 11.4 Å². The lowest BCUT2D eigenvalue weighted by molar-refractivity contribution is -0.384. The van der Waals surface area contributed by atoms with Crippen LogP contribution in [0.4, 0.5) is 17.3 Å². The van der Waals surface area contributed by atoms with Gasteiger partial charge < -0.3 is 19.3 Å². The highest BCUT2D eigenvalue weighted by Gasteiger charge is 2.26. The number of ether oxygens (including phenoxy) is 2. The SMILES string of the molecule is CC1COCCN1c1cc(N2CCOCC2C)nc(-c2ccc([N+](=O)[O-])cc2)n1. The molecule has 2 saturated heterocycles. The zero-order valence-corrected chi connectivity index (χ0v) is 16.7. The van der Waals surface area contributed by atoms with Crippen LogP contribution in [-0.4, -0.2) is 66.5 Å². The Hall–Kier alpha value is -2.78. The molecule has 3 heterocycles. The van der Waals surface area contributed by atoms with Gasteiger partial charge in [-0.3, -0.25) is 10.1 Å². The molecule has 0 N–H and O–H groups in total. The maximum atomic E-state index is 11.0. The first-order chi connectivity index (χ1) is 14.0. The van der Waals surface area contributed by atoms with E-state index in [4.69, 9.17) is 19.4 Å². The summed E-state index contributed by atoms with van der Waals surface area (Å²) in [6.45, 7) is 8.37. The number of nitrogens with zero attached hydrogens (tertiary/aromatic N) is 5. The average molecular weight is 399 g/mol. The minimum atomic E-state index is -0.405. The van der Waals surface area contributed by atoms with E-state index in [0.717, 1.165) is 30.3 Å². The van der Waals surface area contributed by atoms with E-state index in [1.165, 1.54) is 12.1 Å². The topological polar surface area (TPSA) is 93.9 Å². The number of non-ortho nitro benzene ring substituents is 1. The van der Waals surface area contributed by atoms with Gasteiger partial charge in [-0.25, -0.2) is 9.97 Å². The first-order valence-corrected chi connectivity index (χ1v) is 9.85. The number of anilines is 2. The Morgan fingerprint density at radius 2 is 1.48 bits per heavy atom. The quantitative estimate of drug-likeness (QED) is 0.572. The summed E-state index contributed by atoms with van der Waals surface area (Å²) in [5.74, 6) is 2.25. The Morgan fingerprint density at radius 1 is 0.966 bits per heavy atom. The van der Waals surface area contributed by atoms with Crippen molar-refractivity contribution in [3.05, 3.63) is 40.4 Å². The highest BCUT2D eigenvalue weighted by atomic mass is 16.6. The van der Waals surface area contributed by atoms with Gasteiger partial charge in [0.2, 0.25) is 0 Å². The molecule has 29 heavy (non-hydrogen) atoms. The second-order valence-corrected chi connectivity index (χ2v) is 7.45. The third-order valence-corrected chi connectivity index (χ3v) is 5.36. The maximum Gasteiger partial charge on any atom is 0.269 e. The zero-order chi connectivity index (χ0) is 20.4. The molecule has 1 aromatic heterocycles. The summed E-state index contributed by atoms with van der Waals surface area (Å²) in [7, 11) is 0. The largest absolute Gasteiger partial charge is 0.377 e. The van der Waals surface area contributed by atoms with Crippen LogP contribution in [0.5, 0.6) is 0 Å². The molecule has 2 fully saturated rings. The van der Waals surface area contributed by atoms with Gasteiger partial charge in [-0.1, -0.05) is 0 Å². The fourth-order valence-electron chi connectivity index (χ4n) is 3.71. The third kappa shape index (κ3) is 4.15. The van der Waals surface area contributed by atoms with E-state index >= 15 is 0 Å². The van der Waals surface area contributed by atoms with Crippen molar-refractivity contribution >= 4 is 17.3 Å². The summed E-state index contributed by atoms with van der Waals surface area (Å²) in [5.41, 5.74) is 0.800.